The number of halogens is 2. The monoisotopic (exact) mass is 347 g/mol. The Kier molecular flexibility index (Phi) is 6.33. The van der Waals surface area contributed by atoms with Crippen LogP contribution in [0.2, 0.25) is 0 Å². The van der Waals surface area contributed by atoms with E-state index >= 15 is 0 Å². The van der Waals surface area contributed by atoms with Gasteiger partial charge in [-0.1, -0.05) is 30.3 Å². The van der Waals surface area contributed by atoms with E-state index in [4.69, 9.17) is 4.74 Å². The molecule has 0 bridgehead atoms. The van der Waals surface area contributed by atoms with Gasteiger partial charge in [0.1, 0.15) is 24.0 Å². The molecule has 2 aromatic rings. The third kappa shape index (κ3) is 5.80. The molecule has 0 radical (unpaired) electrons. The molecule has 0 atom stereocenters. The van der Waals surface area contributed by atoms with Gasteiger partial charge in [0.15, 0.2) is 0 Å². The van der Waals surface area contributed by atoms with Gasteiger partial charge in [-0.05, 0) is 23.3 Å². The van der Waals surface area contributed by atoms with Crippen molar-refractivity contribution in [2.75, 3.05) is 7.11 Å². The second kappa shape index (κ2) is 8.68. The molecule has 5 nitrogen and oxygen atoms in total. The Morgan fingerprint density at radius 1 is 1.00 bits per heavy atom. The van der Waals surface area contributed by atoms with Crippen molar-refractivity contribution in [2.45, 2.75) is 13.0 Å². The molecule has 130 valence electrons. The third-order valence-electron chi connectivity index (χ3n) is 3.15. The molecule has 0 aliphatic heterocycles. The molecule has 25 heavy (non-hydrogen) atoms. The van der Waals surface area contributed by atoms with Gasteiger partial charge in [0.05, 0.1) is 7.11 Å². The van der Waals surface area contributed by atoms with Gasteiger partial charge >= 0.3 is 12.1 Å². The number of benzene rings is 2. The molecule has 0 saturated heterocycles. The van der Waals surface area contributed by atoms with Crippen LogP contribution in [0.3, 0.4) is 0 Å². The number of hydrogen-bond acceptors (Lipinski definition) is 4. The summed E-state index contributed by atoms with van der Waals surface area (Å²) in [7, 11) is 1.11. The van der Waals surface area contributed by atoms with Crippen LogP contribution in [0.1, 0.15) is 11.1 Å². The largest absolute Gasteiger partial charge is 0.465 e. The van der Waals surface area contributed by atoms with Crippen molar-refractivity contribution in [1.82, 2.24) is 0 Å². The SMILES string of the molecule is COC(=O)C(Cc1cc(F)cc(F)c1)=NC(=O)OCc1ccccc1. The molecule has 7 heteroatoms. The maximum absolute atomic E-state index is 13.2. The third-order valence-corrected chi connectivity index (χ3v) is 3.15. The first kappa shape index (κ1) is 18.3. The highest BCUT2D eigenvalue weighted by molar-refractivity contribution is 6.38. The van der Waals surface area contributed by atoms with E-state index in [2.05, 4.69) is 9.73 Å². The minimum Gasteiger partial charge on any atom is -0.465 e. The zero-order valence-corrected chi connectivity index (χ0v) is 13.4. The van der Waals surface area contributed by atoms with Gasteiger partial charge in [-0.2, -0.15) is 4.99 Å². The van der Waals surface area contributed by atoms with Gasteiger partial charge in [0.2, 0.25) is 0 Å². The molecule has 0 fully saturated rings. The van der Waals surface area contributed by atoms with Gasteiger partial charge in [0.25, 0.3) is 0 Å². The van der Waals surface area contributed by atoms with E-state index < -0.39 is 23.7 Å². The molecule has 0 aliphatic rings. The number of hydrogen-bond donors (Lipinski definition) is 0. The first-order valence-corrected chi connectivity index (χ1v) is 7.29. The van der Waals surface area contributed by atoms with E-state index in [0.717, 1.165) is 24.8 Å². The Balaban J connectivity index is 2.11. The van der Waals surface area contributed by atoms with Gasteiger partial charge < -0.3 is 9.47 Å². The van der Waals surface area contributed by atoms with Crippen molar-refractivity contribution in [3.8, 4) is 0 Å². The number of esters is 1. The van der Waals surface area contributed by atoms with E-state index in [9.17, 15) is 18.4 Å². The highest BCUT2D eigenvalue weighted by Gasteiger charge is 2.16. The van der Waals surface area contributed by atoms with Crippen molar-refractivity contribution in [1.29, 1.82) is 0 Å². The van der Waals surface area contributed by atoms with E-state index in [1.807, 2.05) is 6.07 Å². The van der Waals surface area contributed by atoms with E-state index in [1.165, 1.54) is 0 Å². The average Bonchev–Trinajstić information content (AvgIpc) is 2.58. The predicted molar refractivity (Wildman–Crippen MR) is 86.1 cm³/mol. The lowest BCUT2D eigenvalue weighted by molar-refractivity contribution is -0.132. The molecule has 2 aromatic carbocycles. The fraction of sp³-hybridized carbons (Fsp3) is 0.167. The summed E-state index contributed by atoms with van der Waals surface area (Å²) < 4.78 is 36.0. The van der Waals surface area contributed by atoms with E-state index in [0.29, 0.717) is 6.07 Å². The number of rotatable bonds is 5. The van der Waals surface area contributed by atoms with Gasteiger partial charge in [-0.15, -0.1) is 0 Å². The smallest absolute Gasteiger partial charge is 0.434 e. The first-order valence-electron chi connectivity index (χ1n) is 7.29. The van der Waals surface area contributed by atoms with E-state index in [-0.39, 0.29) is 24.3 Å². The Morgan fingerprint density at radius 2 is 1.64 bits per heavy atom. The minimum atomic E-state index is -0.999. The maximum Gasteiger partial charge on any atom is 0.434 e. The number of amides is 1. The number of methoxy groups -OCH3 is 1. The number of carbonyl (C=O) groups excluding carboxylic acids is 2. The summed E-state index contributed by atoms with van der Waals surface area (Å²) in [6, 6.07) is 11.7. The molecule has 0 spiro atoms. The quantitative estimate of drug-likeness (QED) is 0.614. The zero-order chi connectivity index (χ0) is 18.2. The second-order valence-corrected chi connectivity index (χ2v) is 5.04. The fourth-order valence-electron chi connectivity index (χ4n) is 2.04. The van der Waals surface area contributed by atoms with Crippen molar-refractivity contribution in [2.24, 2.45) is 4.99 Å². The Labute approximate surface area is 142 Å². The summed E-state index contributed by atoms with van der Waals surface area (Å²) in [6.45, 7) is -0.0216. The molecule has 2 rings (SSSR count). The number of aliphatic imine (C=N–C) groups is 1. The van der Waals surface area contributed by atoms with Crippen molar-refractivity contribution in [3.05, 3.63) is 71.3 Å². The van der Waals surface area contributed by atoms with Crippen LogP contribution in [0, 0.1) is 11.6 Å². The summed E-state index contributed by atoms with van der Waals surface area (Å²) >= 11 is 0. The molecule has 0 saturated carbocycles. The number of ether oxygens (including phenoxy) is 2. The van der Waals surface area contributed by atoms with Crippen LogP contribution < -0.4 is 0 Å². The van der Waals surface area contributed by atoms with Crippen molar-refractivity contribution >= 4 is 17.8 Å². The first-order chi connectivity index (χ1) is 12.0. The number of nitrogens with zero attached hydrogens (tertiary/aromatic N) is 1. The highest BCUT2D eigenvalue weighted by atomic mass is 19.1. The van der Waals surface area contributed by atoms with Crippen LogP contribution in [0.5, 0.6) is 0 Å². The zero-order valence-electron chi connectivity index (χ0n) is 13.4. The summed E-state index contributed by atoms with van der Waals surface area (Å²) in [6.07, 6.45) is -1.27. The van der Waals surface area contributed by atoms with Crippen LogP contribution >= 0.6 is 0 Å². The van der Waals surface area contributed by atoms with Gasteiger partial charge in [-0.25, -0.2) is 18.4 Å². The molecule has 0 unspecified atom stereocenters. The molecule has 0 aliphatic carbocycles. The summed E-state index contributed by atoms with van der Waals surface area (Å²) in [4.78, 5) is 27.1. The van der Waals surface area contributed by atoms with Crippen molar-refractivity contribution in [3.63, 3.8) is 0 Å². The minimum absolute atomic E-state index is 0.0216. The molecule has 0 aromatic heterocycles. The Hall–Kier alpha value is -3.09. The highest BCUT2D eigenvalue weighted by Crippen LogP contribution is 2.10. The van der Waals surface area contributed by atoms with Gasteiger partial charge in [0, 0.05) is 12.5 Å². The van der Waals surface area contributed by atoms with Gasteiger partial charge in [-0.3, -0.25) is 0 Å². The standard InChI is InChI=1S/C18H15F2NO4/c1-24-17(22)16(9-13-7-14(19)10-15(20)8-13)21-18(23)25-11-12-5-3-2-4-6-12/h2-8,10H,9,11H2,1H3. The molecular weight excluding hydrogens is 332 g/mol. The van der Waals surface area contributed by atoms with E-state index in [1.54, 1.807) is 24.3 Å². The lowest BCUT2D eigenvalue weighted by Crippen LogP contribution is -2.20. The van der Waals surface area contributed by atoms with Crippen LogP contribution in [-0.4, -0.2) is 24.9 Å². The normalized spacial score (nSPS) is 11.1. The summed E-state index contributed by atoms with van der Waals surface area (Å²) in [5.74, 6) is -2.49. The molecule has 0 N–H and O–H groups in total. The van der Waals surface area contributed by atoms with Crippen LogP contribution in [0.4, 0.5) is 13.6 Å². The maximum atomic E-state index is 13.2. The van der Waals surface area contributed by atoms with Crippen LogP contribution in [0.25, 0.3) is 0 Å². The molecule has 0 heterocycles. The molecular formula is C18H15F2NO4. The number of carbonyl (C=O) groups is 2. The lowest BCUT2D eigenvalue weighted by Gasteiger charge is -2.06. The topological polar surface area (TPSA) is 65.0 Å². The lowest BCUT2D eigenvalue weighted by atomic mass is 10.1. The van der Waals surface area contributed by atoms with Crippen LogP contribution in [0.15, 0.2) is 53.5 Å². The molecule has 1 amide bonds. The summed E-state index contributed by atoms with van der Waals surface area (Å²) in [5, 5.41) is 0. The Bertz CT molecular complexity index is 771. The Morgan fingerprint density at radius 3 is 2.24 bits per heavy atom. The fourth-order valence-corrected chi connectivity index (χ4v) is 2.04. The second-order valence-electron chi connectivity index (χ2n) is 5.04. The predicted octanol–water partition coefficient (Wildman–Crippen LogP) is 3.46. The average molecular weight is 347 g/mol. The van der Waals surface area contributed by atoms with Crippen LogP contribution in [-0.2, 0) is 27.3 Å². The summed E-state index contributed by atoms with van der Waals surface area (Å²) in [5.41, 5.74) is 0.570. The van der Waals surface area contributed by atoms with Crippen molar-refractivity contribution < 1.29 is 27.8 Å².